The standard InChI is InChI=1S/C20H18N4O3S/c1-15-3-5-16(6-4-15)19(25)11-14-21-17-7-9-18(10-8-17)28(26,27)24-20-22-12-2-13-23-20/h2-14,21H,1H3,(H,22,23,24). The molecular formula is C20H18N4O3S. The maximum Gasteiger partial charge on any atom is 0.264 e. The molecule has 0 saturated carbocycles. The van der Waals surface area contributed by atoms with E-state index < -0.39 is 10.0 Å². The number of ketones is 1. The molecule has 2 aromatic carbocycles. The summed E-state index contributed by atoms with van der Waals surface area (Å²) < 4.78 is 27.0. The fourth-order valence-corrected chi connectivity index (χ4v) is 3.25. The van der Waals surface area contributed by atoms with Gasteiger partial charge in [0.05, 0.1) is 4.90 Å². The van der Waals surface area contributed by atoms with Gasteiger partial charge in [-0.25, -0.2) is 23.1 Å². The molecule has 0 spiro atoms. The fraction of sp³-hybridized carbons (Fsp3) is 0.0500. The molecule has 0 fully saturated rings. The number of sulfonamides is 1. The minimum Gasteiger partial charge on any atom is -0.362 e. The Balaban J connectivity index is 1.62. The molecule has 28 heavy (non-hydrogen) atoms. The minimum atomic E-state index is -3.78. The normalized spacial score (nSPS) is 11.3. The molecule has 142 valence electrons. The maximum absolute atomic E-state index is 12.3. The monoisotopic (exact) mass is 394 g/mol. The second kappa shape index (κ2) is 8.45. The SMILES string of the molecule is Cc1ccc(C(=O)C=CNc2ccc(S(=O)(=O)Nc3ncccn3)cc2)cc1. The summed E-state index contributed by atoms with van der Waals surface area (Å²) in [5.74, 6) is -0.124. The van der Waals surface area contributed by atoms with E-state index in [4.69, 9.17) is 0 Å². The van der Waals surface area contributed by atoms with Crippen LogP contribution in [0.4, 0.5) is 11.6 Å². The summed E-state index contributed by atoms with van der Waals surface area (Å²) in [6, 6.07) is 15.0. The van der Waals surface area contributed by atoms with Crippen LogP contribution in [-0.4, -0.2) is 24.2 Å². The zero-order chi connectivity index (χ0) is 20.0. The molecule has 0 amide bonds. The summed E-state index contributed by atoms with van der Waals surface area (Å²) in [6.07, 6.45) is 5.83. The molecule has 0 radical (unpaired) electrons. The minimum absolute atomic E-state index is 0.00209. The zero-order valence-electron chi connectivity index (χ0n) is 15.0. The predicted octanol–water partition coefficient (Wildman–Crippen LogP) is 3.39. The first-order valence-corrected chi connectivity index (χ1v) is 9.86. The van der Waals surface area contributed by atoms with Crippen LogP contribution in [0, 0.1) is 6.92 Å². The number of carbonyl (C=O) groups is 1. The molecular weight excluding hydrogens is 376 g/mol. The highest BCUT2D eigenvalue weighted by Crippen LogP contribution is 2.16. The van der Waals surface area contributed by atoms with Crippen molar-refractivity contribution in [2.24, 2.45) is 0 Å². The smallest absolute Gasteiger partial charge is 0.264 e. The van der Waals surface area contributed by atoms with Crippen LogP contribution in [0.25, 0.3) is 0 Å². The van der Waals surface area contributed by atoms with Crippen LogP contribution in [0.5, 0.6) is 0 Å². The van der Waals surface area contributed by atoms with Gasteiger partial charge in [0.25, 0.3) is 10.0 Å². The van der Waals surface area contributed by atoms with E-state index in [9.17, 15) is 13.2 Å². The Kier molecular flexibility index (Phi) is 5.81. The molecule has 0 aliphatic carbocycles. The first-order valence-electron chi connectivity index (χ1n) is 8.38. The number of allylic oxidation sites excluding steroid dienone is 1. The van der Waals surface area contributed by atoms with Crippen molar-refractivity contribution in [2.45, 2.75) is 11.8 Å². The number of benzene rings is 2. The van der Waals surface area contributed by atoms with Gasteiger partial charge in [0.15, 0.2) is 5.78 Å². The third kappa shape index (κ3) is 5.01. The van der Waals surface area contributed by atoms with Gasteiger partial charge in [-0.05, 0) is 37.3 Å². The lowest BCUT2D eigenvalue weighted by molar-refractivity contribution is 0.104. The molecule has 3 rings (SSSR count). The third-order valence-corrected chi connectivity index (χ3v) is 5.12. The summed E-state index contributed by atoms with van der Waals surface area (Å²) >= 11 is 0. The first-order chi connectivity index (χ1) is 13.4. The quantitative estimate of drug-likeness (QED) is 0.470. The molecule has 0 saturated heterocycles. The second-order valence-corrected chi connectivity index (χ2v) is 7.59. The number of rotatable bonds is 7. The number of nitrogens with zero attached hydrogens (tertiary/aromatic N) is 2. The van der Waals surface area contributed by atoms with E-state index in [-0.39, 0.29) is 16.6 Å². The molecule has 1 heterocycles. The Morgan fingerprint density at radius 3 is 2.25 bits per heavy atom. The van der Waals surface area contributed by atoms with Crippen LogP contribution >= 0.6 is 0 Å². The van der Waals surface area contributed by atoms with Crippen molar-refractivity contribution in [1.29, 1.82) is 0 Å². The van der Waals surface area contributed by atoms with Gasteiger partial charge in [-0.2, -0.15) is 0 Å². The van der Waals surface area contributed by atoms with Crippen molar-refractivity contribution < 1.29 is 13.2 Å². The van der Waals surface area contributed by atoms with E-state index in [1.807, 2.05) is 19.1 Å². The van der Waals surface area contributed by atoms with Gasteiger partial charge in [0.2, 0.25) is 5.95 Å². The van der Waals surface area contributed by atoms with Gasteiger partial charge in [-0.1, -0.05) is 29.8 Å². The van der Waals surface area contributed by atoms with Gasteiger partial charge >= 0.3 is 0 Å². The topological polar surface area (TPSA) is 101 Å². The number of hydrogen-bond acceptors (Lipinski definition) is 6. The van der Waals surface area contributed by atoms with Gasteiger partial charge in [-0.3, -0.25) is 4.79 Å². The molecule has 8 heteroatoms. The molecule has 2 N–H and O–H groups in total. The van der Waals surface area contributed by atoms with Crippen molar-refractivity contribution in [3.8, 4) is 0 Å². The molecule has 7 nitrogen and oxygen atoms in total. The van der Waals surface area contributed by atoms with Crippen LogP contribution in [0.3, 0.4) is 0 Å². The summed E-state index contributed by atoms with van der Waals surface area (Å²) in [7, 11) is -3.78. The highest BCUT2D eigenvalue weighted by Gasteiger charge is 2.15. The van der Waals surface area contributed by atoms with E-state index in [1.54, 1.807) is 30.3 Å². The second-order valence-electron chi connectivity index (χ2n) is 5.91. The Morgan fingerprint density at radius 2 is 1.61 bits per heavy atom. The molecule has 0 atom stereocenters. The lowest BCUT2D eigenvalue weighted by Gasteiger charge is -2.07. The number of nitrogens with one attached hydrogen (secondary N) is 2. The number of carbonyl (C=O) groups excluding carboxylic acids is 1. The van der Waals surface area contributed by atoms with E-state index in [0.29, 0.717) is 11.3 Å². The van der Waals surface area contributed by atoms with Gasteiger partial charge in [0, 0.05) is 35.9 Å². The van der Waals surface area contributed by atoms with Crippen molar-refractivity contribution in [1.82, 2.24) is 9.97 Å². The van der Waals surface area contributed by atoms with Crippen molar-refractivity contribution >= 4 is 27.4 Å². The summed E-state index contributed by atoms with van der Waals surface area (Å²) in [6.45, 7) is 1.96. The number of hydrogen-bond donors (Lipinski definition) is 2. The average molecular weight is 394 g/mol. The van der Waals surface area contributed by atoms with Crippen molar-refractivity contribution in [3.05, 3.63) is 90.4 Å². The molecule has 0 bridgehead atoms. The van der Waals surface area contributed by atoms with Crippen LogP contribution in [-0.2, 0) is 10.0 Å². The number of aromatic nitrogens is 2. The van der Waals surface area contributed by atoms with Crippen LogP contribution in [0.2, 0.25) is 0 Å². The largest absolute Gasteiger partial charge is 0.362 e. The van der Waals surface area contributed by atoms with E-state index in [1.165, 1.54) is 36.8 Å². The lowest BCUT2D eigenvalue weighted by Crippen LogP contribution is -2.14. The van der Waals surface area contributed by atoms with E-state index >= 15 is 0 Å². The Labute approximate surface area is 163 Å². The Hall–Kier alpha value is -3.52. The molecule has 0 aliphatic rings. The summed E-state index contributed by atoms with van der Waals surface area (Å²) in [5.41, 5.74) is 2.32. The highest BCUT2D eigenvalue weighted by molar-refractivity contribution is 7.92. The third-order valence-electron chi connectivity index (χ3n) is 3.78. The van der Waals surface area contributed by atoms with Crippen LogP contribution in [0.1, 0.15) is 15.9 Å². The van der Waals surface area contributed by atoms with Crippen molar-refractivity contribution in [3.63, 3.8) is 0 Å². The highest BCUT2D eigenvalue weighted by atomic mass is 32.2. The predicted molar refractivity (Wildman–Crippen MR) is 108 cm³/mol. The zero-order valence-corrected chi connectivity index (χ0v) is 15.8. The van der Waals surface area contributed by atoms with Crippen LogP contribution < -0.4 is 10.0 Å². The summed E-state index contributed by atoms with van der Waals surface area (Å²) in [5, 5.41) is 2.94. The summed E-state index contributed by atoms with van der Waals surface area (Å²) in [4.78, 5) is 19.8. The first kappa shape index (κ1) is 19.2. The van der Waals surface area contributed by atoms with Gasteiger partial charge in [-0.15, -0.1) is 0 Å². The molecule has 0 unspecified atom stereocenters. The lowest BCUT2D eigenvalue weighted by atomic mass is 10.1. The molecule has 3 aromatic rings. The Morgan fingerprint density at radius 1 is 0.964 bits per heavy atom. The Bertz CT molecular complexity index is 1080. The van der Waals surface area contributed by atoms with Gasteiger partial charge in [0.1, 0.15) is 0 Å². The number of anilines is 2. The molecule has 0 aliphatic heterocycles. The fourth-order valence-electron chi connectivity index (χ4n) is 2.29. The van der Waals surface area contributed by atoms with Gasteiger partial charge < -0.3 is 5.32 Å². The maximum atomic E-state index is 12.3. The van der Waals surface area contributed by atoms with Crippen LogP contribution in [0.15, 0.2) is 84.2 Å². The van der Waals surface area contributed by atoms with E-state index in [2.05, 4.69) is 20.0 Å². The van der Waals surface area contributed by atoms with E-state index in [0.717, 1.165) is 5.56 Å². The van der Waals surface area contributed by atoms with Crippen molar-refractivity contribution in [2.75, 3.05) is 10.0 Å². The molecule has 1 aromatic heterocycles. The average Bonchev–Trinajstić information content (AvgIpc) is 2.69. The number of aryl methyl sites for hydroxylation is 1.